The molecule has 0 aliphatic heterocycles. The van der Waals surface area contributed by atoms with Crippen LogP contribution >= 0.6 is 23.8 Å². The summed E-state index contributed by atoms with van der Waals surface area (Å²) < 4.78 is 0. The molecule has 0 spiro atoms. The van der Waals surface area contributed by atoms with Gasteiger partial charge >= 0.3 is 0 Å². The van der Waals surface area contributed by atoms with Gasteiger partial charge < -0.3 is 0 Å². The third kappa shape index (κ3) is 4.30. The van der Waals surface area contributed by atoms with Crippen LogP contribution in [0.4, 0.5) is 0 Å². The molecule has 10 heavy (non-hydrogen) atoms. The van der Waals surface area contributed by atoms with Crippen molar-refractivity contribution in [2.75, 3.05) is 5.88 Å². The molecule has 0 bridgehead atoms. The number of amides is 1. The maximum Gasteiger partial charge on any atom is 0.253 e. The maximum absolute atomic E-state index is 10.4. The zero-order valence-corrected chi connectivity index (χ0v) is 6.55. The molecule has 0 atom stereocenters. The molecule has 0 aromatic rings. The zero-order chi connectivity index (χ0) is 7.98. The highest BCUT2D eigenvalue weighted by Crippen LogP contribution is 1.70. The van der Waals surface area contributed by atoms with E-state index in [2.05, 4.69) is 28.5 Å². The molecule has 1 amide bonds. The van der Waals surface area contributed by atoms with Crippen LogP contribution in [-0.2, 0) is 4.79 Å². The molecule has 5 N–H and O–H groups in total. The van der Waals surface area contributed by atoms with Gasteiger partial charge in [-0.1, -0.05) is 0 Å². The van der Waals surface area contributed by atoms with Crippen LogP contribution in [0.15, 0.2) is 0 Å². The van der Waals surface area contributed by atoms with E-state index in [0.29, 0.717) is 0 Å². The van der Waals surface area contributed by atoms with Crippen LogP contribution in [0.5, 0.6) is 0 Å². The minimum atomic E-state index is -0.376. The van der Waals surface area contributed by atoms with Crippen molar-refractivity contribution in [1.29, 1.82) is 0 Å². The molecule has 7 heteroatoms. The SMILES string of the molecule is NNC(=S)NNC(=O)CCl. The Kier molecular flexibility index (Phi) is 4.91. The van der Waals surface area contributed by atoms with E-state index in [1.54, 1.807) is 0 Å². The monoisotopic (exact) mass is 182 g/mol. The Balaban J connectivity index is 3.35. The minimum absolute atomic E-state index is 0.124. The van der Waals surface area contributed by atoms with Crippen molar-refractivity contribution in [1.82, 2.24) is 16.3 Å². The van der Waals surface area contributed by atoms with Crippen molar-refractivity contribution in [3.05, 3.63) is 0 Å². The average Bonchev–Trinajstić information content (AvgIpc) is 1.99. The van der Waals surface area contributed by atoms with Gasteiger partial charge in [-0.2, -0.15) is 0 Å². The Labute approximate surface area is 68.2 Å². The van der Waals surface area contributed by atoms with Gasteiger partial charge in [0.15, 0.2) is 5.11 Å². The Hall–Kier alpha value is -0.590. The summed E-state index contributed by atoms with van der Waals surface area (Å²) in [4.78, 5) is 10.4. The summed E-state index contributed by atoms with van der Waals surface area (Å²) in [5.74, 6) is 4.36. The normalized spacial score (nSPS) is 8.20. The van der Waals surface area contributed by atoms with Gasteiger partial charge in [0, 0.05) is 0 Å². The quantitative estimate of drug-likeness (QED) is 0.174. The first-order valence-corrected chi connectivity index (χ1v) is 3.26. The van der Waals surface area contributed by atoms with Crippen molar-refractivity contribution in [3.8, 4) is 0 Å². The second kappa shape index (κ2) is 5.21. The topological polar surface area (TPSA) is 79.2 Å². The van der Waals surface area contributed by atoms with Crippen molar-refractivity contribution in [2.24, 2.45) is 5.84 Å². The van der Waals surface area contributed by atoms with Gasteiger partial charge in [0.25, 0.3) is 5.91 Å². The van der Waals surface area contributed by atoms with Gasteiger partial charge in [-0.25, -0.2) is 5.84 Å². The number of hydrazine groups is 2. The predicted molar refractivity (Wildman–Crippen MR) is 41.9 cm³/mol. The lowest BCUT2D eigenvalue weighted by Crippen LogP contribution is -2.49. The Morgan fingerprint density at radius 1 is 1.60 bits per heavy atom. The van der Waals surface area contributed by atoms with E-state index >= 15 is 0 Å². The Morgan fingerprint density at radius 2 is 2.20 bits per heavy atom. The second-order valence-corrected chi connectivity index (χ2v) is 1.96. The van der Waals surface area contributed by atoms with Gasteiger partial charge in [0.1, 0.15) is 5.88 Å². The number of hydrogen-bond acceptors (Lipinski definition) is 3. The summed E-state index contributed by atoms with van der Waals surface area (Å²) in [6.07, 6.45) is 0. The molecule has 58 valence electrons. The van der Waals surface area contributed by atoms with Gasteiger partial charge in [-0.05, 0) is 12.2 Å². The molecule has 0 aliphatic rings. The number of hydrogen-bond donors (Lipinski definition) is 4. The summed E-state index contributed by atoms with van der Waals surface area (Å²) in [6, 6.07) is 0. The fourth-order valence-electron chi connectivity index (χ4n) is 0.196. The van der Waals surface area contributed by atoms with Crippen LogP contribution in [0.25, 0.3) is 0 Å². The van der Waals surface area contributed by atoms with Gasteiger partial charge in [0.05, 0.1) is 0 Å². The van der Waals surface area contributed by atoms with E-state index in [-0.39, 0.29) is 16.9 Å². The Morgan fingerprint density at radius 3 is 2.60 bits per heavy atom. The fraction of sp³-hybridized carbons (Fsp3) is 0.333. The third-order valence-corrected chi connectivity index (χ3v) is 1.03. The number of halogens is 1. The lowest BCUT2D eigenvalue weighted by molar-refractivity contribution is -0.119. The first kappa shape index (κ1) is 9.41. The highest BCUT2D eigenvalue weighted by Gasteiger charge is 1.95. The highest BCUT2D eigenvalue weighted by molar-refractivity contribution is 7.80. The van der Waals surface area contributed by atoms with E-state index in [1.807, 2.05) is 0 Å². The van der Waals surface area contributed by atoms with Crippen molar-refractivity contribution in [2.45, 2.75) is 0 Å². The highest BCUT2D eigenvalue weighted by atomic mass is 35.5. The summed E-state index contributed by atoms with van der Waals surface area (Å²) in [5, 5.41) is 0.124. The zero-order valence-electron chi connectivity index (χ0n) is 4.98. The molecule has 0 fully saturated rings. The van der Waals surface area contributed by atoms with Crippen LogP contribution in [0.1, 0.15) is 0 Å². The van der Waals surface area contributed by atoms with Crippen molar-refractivity contribution >= 4 is 34.8 Å². The third-order valence-electron chi connectivity index (χ3n) is 0.568. The van der Waals surface area contributed by atoms with E-state index in [0.717, 1.165) is 0 Å². The fourth-order valence-corrected chi connectivity index (χ4v) is 0.314. The first-order chi connectivity index (χ1) is 4.70. The molecule has 0 rings (SSSR count). The molecule has 0 aromatic heterocycles. The molecule has 0 aromatic carbocycles. The molecular formula is C3H7ClN4OS. The van der Waals surface area contributed by atoms with E-state index in [9.17, 15) is 4.79 Å². The van der Waals surface area contributed by atoms with Gasteiger partial charge in [0.2, 0.25) is 0 Å². The number of carbonyl (C=O) groups excluding carboxylic acids is 1. The van der Waals surface area contributed by atoms with Crippen LogP contribution in [0.3, 0.4) is 0 Å². The van der Waals surface area contributed by atoms with Crippen LogP contribution < -0.4 is 22.1 Å². The van der Waals surface area contributed by atoms with Crippen LogP contribution in [0, 0.1) is 0 Å². The molecule has 0 unspecified atom stereocenters. The summed E-state index contributed by atoms with van der Waals surface area (Å²) in [6.45, 7) is 0. The van der Waals surface area contributed by atoms with Crippen molar-refractivity contribution in [3.63, 3.8) is 0 Å². The number of nitrogens with one attached hydrogen (secondary N) is 3. The first-order valence-electron chi connectivity index (χ1n) is 2.32. The molecule has 0 saturated heterocycles. The molecular weight excluding hydrogens is 176 g/mol. The van der Waals surface area contributed by atoms with Gasteiger partial charge in [-0.3, -0.25) is 21.1 Å². The number of rotatable bonds is 1. The largest absolute Gasteiger partial charge is 0.300 e. The van der Waals surface area contributed by atoms with E-state index < -0.39 is 0 Å². The lowest BCUT2D eigenvalue weighted by atomic mass is 10.7. The van der Waals surface area contributed by atoms with E-state index in [4.69, 9.17) is 17.4 Å². The van der Waals surface area contributed by atoms with Crippen LogP contribution in [-0.4, -0.2) is 16.9 Å². The van der Waals surface area contributed by atoms with Crippen molar-refractivity contribution < 1.29 is 4.79 Å². The second-order valence-electron chi connectivity index (χ2n) is 1.28. The van der Waals surface area contributed by atoms with Crippen LogP contribution in [0.2, 0.25) is 0 Å². The maximum atomic E-state index is 10.4. The minimum Gasteiger partial charge on any atom is -0.300 e. The smallest absolute Gasteiger partial charge is 0.253 e. The molecule has 0 radical (unpaired) electrons. The summed E-state index contributed by atoms with van der Waals surface area (Å²) >= 11 is 9.65. The standard InChI is InChI=1S/C3H7ClN4OS/c4-1-2(9)7-8-3(10)6-5/h1,5H2,(H,7,9)(H2,6,8,10). The van der Waals surface area contributed by atoms with E-state index in [1.165, 1.54) is 0 Å². The molecule has 5 nitrogen and oxygen atoms in total. The number of nitrogens with two attached hydrogens (primary N) is 1. The molecule has 0 aliphatic carbocycles. The Bertz CT molecular complexity index is 124. The van der Waals surface area contributed by atoms with Gasteiger partial charge in [-0.15, -0.1) is 11.6 Å². The predicted octanol–water partition coefficient (Wildman–Crippen LogP) is -1.41. The summed E-state index contributed by atoms with van der Waals surface area (Å²) in [7, 11) is 0. The summed E-state index contributed by atoms with van der Waals surface area (Å²) in [5.41, 5.74) is 6.58. The molecule has 0 heterocycles. The lowest BCUT2D eigenvalue weighted by Gasteiger charge is -2.05. The molecule has 0 saturated carbocycles. The number of thiocarbonyl (C=S) groups is 1. The number of carbonyl (C=O) groups is 1. The number of alkyl halides is 1. The average molecular weight is 183 g/mol.